The van der Waals surface area contributed by atoms with Gasteiger partial charge in [-0.05, 0) is 35.7 Å². The Balaban J connectivity index is 0.00000176. The number of halogens is 1. The van der Waals surface area contributed by atoms with Crippen LogP contribution in [0.3, 0.4) is 0 Å². The quantitative estimate of drug-likeness (QED) is 0.890. The molecule has 0 fully saturated rings. The van der Waals surface area contributed by atoms with E-state index in [-0.39, 0.29) is 24.4 Å². The smallest absolute Gasteiger partial charge is 0.252 e. The van der Waals surface area contributed by atoms with Crippen molar-refractivity contribution >= 4 is 18.3 Å². The van der Waals surface area contributed by atoms with Crippen LogP contribution in [0.25, 0.3) is 0 Å². The van der Waals surface area contributed by atoms with Gasteiger partial charge in [0.25, 0.3) is 5.91 Å². The molecule has 1 heterocycles. The summed E-state index contributed by atoms with van der Waals surface area (Å²) in [6.45, 7) is 1.00. The Hall–Kier alpha value is -2.04. The fourth-order valence-electron chi connectivity index (χ4n) is 2.66. The van der Waals surface area contributed by atoms with E-state index in [1.807, 2.05) is 48.5 Å². The third kappa shape index (κ3) is 3.40. The Kier molecular flexibility index (Phi) is 5.41. The summed E-state index contributed by atoms with van der Waals surface area (Å²) in [7, 11) is 0. The van der Waals surface area contributed by atoms with E-state index in [0.717, 1.165) is 28.9 Å². The van der Waals surface area contributed by atoms with Gasteiger partial charge in [-0.1, -0.05) is 30.3 Å². The Morgan fingerprint density at radius 1 is 1.14 bits per heavy atom. The lowest BCUT2D eigenvalue weighted by molar-refractivity contribution is 0.0956. The lowest BCUT2D eigenvalue weighted by Crippen LogP contribution is -2.20. The highest BCUT2D eigenvalue weighted by molar-refractivity contribution is 5.99. The summed E-state index contributed by atoms with van der Waals surface area (Å²) >= 11 is 0. The fraction of sp³-hybridized carbons (Fsp3) is 0.235. The van der Waals surface area contributed by atoms with Gasteiger partial charge in [-0.25, -0.2) is 0 Å². The van der Waals surface area contributed by atoms with Crippen molar-refractivity contribution in [2.75, 3.05) is 13.2 Å². The molecule has 0 aromatic heterocycles. The van der Waals surface area contributed by atoms with Crippen molar-refractivity contribution in [2.45, 2.75) is 12.5 Å². The van der Waals surface area contributed by atoms with Crippen molar-refractivity contribution < 1.29 is 9.53 Å². The third-order valence-corrected chi connectivity index (χ3v) is 3.61. The number of amides is 1. The normalized spacial score (nSPS) is 15.7. The molecule has 0 saturated carbocycles. The second-order valence-corrected chi connectivity index (χ2v) is 5.10. The molecule has 22 heavy (non-hydrogen) atoms. The molecule has 1 aliphatic rings. The topological polar surface area (TPSA) is 64.3 Å². The van der Waals surface area contributed by atoms with Gasteiger partial charge in [-0.3, -0.25) is 4.79 Å². The van der Waals surface area contributed by atoms with Crippen LogP contribution in [0.4, 0.5) is 0 Å². The van der Waals surface area contributed by atoms with E-state index < -0.39 is 0 Å². The first-order valence-electron chi connectivity index (χ1n) is 7.09. The van der Waals surface area contributed by atoms with E-state index in [0.29, 0.717) is 13.2 Å². The number of ether oxygens (including phenoxy) is 1. The Labute approximate surface area is 136 Å². The number of carbonyl (C=O) groups is 1. The van der Waals surface area contributed by atoms with Crippen molar-refractivity contribution in [1.29, 1.82) is 0 Å². The number of rotatable bonds is 5. The monoisotopic (exact) mass is 318 g/mol. The lowest BCUT2D eigenvalue weighted by Gasteiger charge is -2.13. The van der Waals surface area contributed by atoms with E-state index in [1.165, 1.54) is 0 Å². The summed E-state index contributed by atoms with van der Waals surface area (Å²) in [6.07, 6.45) is 0.753. The Morgan fingerprint density at radius 2 is 1.95 bits per heavy atom. The van der Waals surface area contributed by atoms with Crippen molar-refractivity contribution in [1.82, 2.24) is 5.32 Å². The van der Waals surface area contributed by atoms with Crippen LogP contribution in [-0.4, -0.2) is 19.1 Å². The number of benzene rings is 2. The summed E-state index contributed by atoms with van der Waals surface area (Å²) in [4.78, 5) is 11.9. The first kappa shape index (κ1) is 16.3. The Morgan fingerprint density at radius 3 is 2.77 bits per heavy atom. The molecule has 1 amide bonds. The van der Waals surface area contributed by atoms with E-state index in [1.54, 1.807) is 0 Å². The molecule has 2 aromatic rings. The molecular weight excluding hydrogens is 300 g/mol. The van der Waals surface area contributed by atoms with Crippen LogP contribution in [0.15, 0.2) is 48.5 Å². The van der Waals surface area contributed by atoms with Crippen LogP contribution >= 0.6 is 12.4 Å². The van der Waals surface area contributed by atoms with Gasteiger partial charge in [-0.15, -0.1) is 12.4 Å². The van der Waals surface area contributed by atoms with Crippen molar-refractivity contribution in [3.63, 3.8) is 0 Å². The Bertz CT molecular complexity index is 661. The van der Waals surface area contributed by atoms with Gasteiger partial charge >= 0.3 is 0 Å². The second-order valence-electron chi connectivity index (χ2n) is 5.10. The zero-order valence-corrected chi connectivity index (χ0v) is 12.9. The molecular formula is C17H19ClN2O2. The molecule has 1 atom stereocenters. The van der Waals surface area contributed by atoms with Crippen LogP contribution < -0.4 is 15.8 Å². The van der Waals surface area contributed by atoms with Gasteiger partial charge in [0.05, 0.1) is 6.04 Å². The van der Waals surface area contributed by atoms with Crippen LogP contribution in [0.5, 0.6) is 5.75 Å². The number of nitrogens with two attached hydrogens (primary N) is 1. The van der Waals surface area contributed by atoms with Gasteiger partial charge in [-0.2, -0.15) is 0 Å². The molecule has 0 radical (unpaired) electrons. The highest BCUT2D eigenvalue weighted by atomic mass is 35.5. The molecule has 0 bridgehead atoms. The molecule has 4 nitrogen and oxygen atoms in total. The van der Waals surface area contributed by atoms with Crippen LogP contribution in [0, 0.1) is 0 Å². The van der Waals surface area contributed by atoms with Gasteiger partial charge in [0.1, 0.15) is 12.4 Å². The molecule has 3 rings (SSSR count). The third-order valence-electron chi connectivity index (χ3n) is 3.61. The van der Waals surface area contributed by atoms with Crippen molar-refractivity contribution in [3.8, 4) is 5.75 Å². The van der Waals surface area contributed by atoms with Crippen LogP contribution in [-0.2, 0) is 6.42 Å². The lowest BCUT2D eigenvalue weighted by atomic mass is 9.98. The zero-order valence-electron chi connectivity index (χ0n) is 12.1. The molecule has 5 heteroatoms. The van der Waals surface area contributed by atoms with Crippen molar-refractivity contribution in [2.24, 2.45) is 5.73 Å². The number of carbonyl (C=O) groups excluding carboxylic acids is 1. The minimum Gasteiger partial charge on any atom is -0.492 e. The predicted octanol–water partition coefficient (Wildman–Crippen LogP) is 2.47. The minimum absolute atomic E-state index is 0. The molecule has 116 valence electrons. The summed E-state index contributed by atoms with van der Waals surface area (Å²) in [5.41, 5.74) is 8.41. The number of hydrogen-bond acceptors (Lipinski definition) is 3. The fourth-order valence-corrected chi connectivity index (χ4v) is 2.66. The summed E-state index contributed by atoms with van der Waals surface area (Å²) < 4.78 is 5.54. The predicted molar refractivity (Wildman–Crippen MR) is 88.6 cm³/mol. The number of nitrogens with one attached hydrogen (secondary N) is 1. The van der Waals surface area contributed by atoms with Gasteiger partial charge < -0.3 is 15.8 Å². The number of hydrogen-bond donors (Lipinski definition) is 2. The standard InChI is InChI=1S/C17H18N2O2.ClH/c18-8-9-21-13-5-3-4-12(10-13)11-16-14-6-1-2-7-15(14)17(20)19-16;/h1-7,10,16H,8-9,11,18H2,(H,19,20);1H. The largest absolute Gasteiger partial charge is 0.492 e. The second kappa shape index (κ2) is 7.29. The summed E-state index contributed by atoms with van der Waals surface area (Å²) in [5.74, 6) is 0.821. The molecule has 3 N–H and O–H groups in total. The van der Waals surface area contributed by atoms with Gasteiger partial charge in [0.15, 0.2) is 0 Å². The van der Waals surface area contributed by atoms with E-state index >= 15 is 0 Å². The maximum absolute atomic E-state index is 11.9. The SMILES string of the molecule is Cl.NCCOc1cccc(CC2NC(=O)c3ccccc32)c1. The number of fused-ring (bicyclic) bond motifs is 1. The van der Waals surface area contributed by atoms with E-state index in [9.17, 15) is 4.79 Å². The minimum atomic E-state index is 0. The summed E-state index contributed by atoms with van der Waals surface area (Å²) in [5, 5.41) is 3.03. The molecule has 1 unspecified atom stereocenters. The maximum Gasteiger partial charge on any atom is 0.252 e. The average molecular weight is 319 g/mol. The maximum atomic E-state index is 11.9. The molecule has 0 saturated heterocycles. The van der Waals surface area contributed by atoms with Gasteiger partial charge in [0, 0.05) is 12.1 Å². The first-order valence-corrected chi connectivity index (χ1v) is 7.09. The van der Waals surface area contributed by atoms with Crippen molar-refractivity contribution in [3.05, 3.63) is 65.2 Å². The molecule has 0 aliphatic carbocycles. The van der Waals surface area contributed by atoms with E-state index in [4.69, 9.17) is 10.5 Å². The highest BCUT2D eigenvalue weighted by Crippen LogP contribution is 2.28. The molecule has 1 aliphatic heterocycles. The van der Waals surface area contributed by atoms with Gasteiger partial charge in [0.2, 0.25) is 0 Å². The van der Waals surface area contributed by atoms with E-state index in [2.05, 4.69) is 5.32 Å². The first-order chi connectivity index (χ1) is 10.3. The zero-order chi connectivity index (χ0) is 14.7. The highest BCUT2D eigenvalue weighted by Gasteiger charge is 2.27. The average Bonchev–Trinajstić information content (AvgIpc) is 2.82. The van der Waals surface area contributed by atoms with Crippen LogP contribution in [0.2, 0.25) is 0 Å². The van der Waals surface area contributed by atoms with Crippen LogP contribution in [0.1, 0.15) is 27.5 Å². The summed E-state index contributed by atoms with van der Waals surface area (Å²) in [6, 6.07) is 15.7. The molecule has 2 aromatic carbocycles. The molecule has 0 spiro atoms.